The Hall–Kier alpha value is -3.24. The van der Waals surface area contributed by atoms with Gasteiger partial charge >= 0.3 is 0 Å². The third-order valence-corrected chi connectivity index (χ3v) is 6.15. The van der Waals surface area contributed by atoms with E-state index >= 15 is 0 Å². The van der Waals surface area contributed by atoms with E-state index in [1.54, 1.807) is 23.1 Å². The van der Waals surface area contributed by atoms with Crippen molar-refractivity contribution < 1.29 is 13.9 Å². The van der Waals surface area contributed by atoms with Gasteiger partial charge in [0.05, 0.1) is 11.7 Å². The van der Waals surface area contributed by atoms with Crippen LogP contribution in [0, 0.1) is 5.92 Å². The standard InChI is InChI=1S/C23H25F2N7O/c24-22(25)17-4-8-31(9-5-17)13-15-1-2-19-18(11-15)21(30-29-19)23-26-7-3-20(28-23)32-14-16(6-10-33)12-27-32/h1-3,7,11-12,14,17,22,33H,4-6,8-10,13H2,(H,29,30). The van der Waals surface area contributed by atoms with Crippen molar-refractivity contribution in [2.75, 3.05) is 19.7 Å². The number of aliphatic hydroxyl groups is 1. The number of fused-ring (bicyclic) bond motifs is 1. The number of alkyl halides is 2. The van der Waals surface area contributed by atoms with Gasteiger partial charge in [0.25, 0.3) is 0 Å². The predicted octanol–water partition coefficient (Wildman–Crippen LogP) is 3.22. The van der Waals surface area contributed by atoms with Crippen molar-refractivity contribution in [2.24, 2.45) is 5.92 Å². The molecule has 4 heterocycles. The van der Waals surface area contributed by atoms with E-state index in [2.05, 4.69) is 36.2 Å². The molecular formula is C23H25F2N7O. The van der Waals surface area contributed by atoms with E-state index in [0.717, 1.165) is 22.0 Å². The molecule has 0 saturated carbocycles. The number of benzene rings is 1. The van der Waals surface area contributed by atoms with Crippen LogP contribution in [0.5, 0.6) is 0 Å². The summed E-state index contributed by atoms with van der Waals surface area (Å²) in [6.07, 6.45) is 4.58. The molecule has 1 saturated heterocycles. The summed E-state index contributed by atoms with van der Waals surface area (Å²) in [5, 5.41) is 21.8. The van der Waals surface area contributed by atoms with Gasteiger partial charge in [-0.15, -0.1) is 0 Å². The molecule has 1 aliphatic heterocycles. The quantitative estimate of drug-likeness (QED) is 0.446. The van der Waals surface area contributed by atoms with E-state index in [0.29, 0.717) is 56.2 Å². The number of hydrogen-bond donors (Lipinski definition) is 2. The summed E-state index contributed by atoms with van der Waals surface area (Å²) in [5.74, 6) is 0.606. The summed E-state index contributed by atoms with van der Waals surface area (Å²) in [7, 11) is 0. The Labute approximate surface area is 189 Å². The fraction of sp³-hybridized carbons (Fsp3) is 0.391. The zero-order valence-electron chi connectivity index (χ0n) is 18.0. The van der Waals surface area contributed by atoms with E-state index in [4.69, 9.17) is 5.11 Å². The minimum atomic E-state index is -2.23. The molecule has 172 valence electrons. The molecule has 0 atom stereocenters. The van der Waals surface area contributed by atoms with E-state index < -0.39 is 12.3 Å². The van der Waals surface area contributed by atoms with Crippen molar-refractivity contribution in [1.82, 2.24) is 34.8 Å². The molecule has 8 nitrogen and oxygen atoms in total. The normalized spacial score (nSPS) is 15.6. The highest BCUT2D eigenvalue weighted by atomic mass is 19.3. The molecule has 3 aromatic heterocycles. The largest absolute Gasteiger partial charge is 0.396 e. The van der Waals surface area contributed by atoms with Gasteiger partial charge in [-0.3, -0.25) is 10.00 Å². The van der Waals surface area contributed by atoms with Crippen LogP contribution in [-0.2, 0) is 13.0 Å². The molecule has 0 spiro atoms. The SMILES string of the molecule is OCCc1cnn(-c2ccnc(-c3n[nH]c4ccc(CN5CCC(C(F)F)CC5)cc34)n2)c1. The second-order valence-electron chi connectivity index (χ2n) is 8.41. The number of aromatic amines is 1. The minimum Gasteiger partial charge on any atom is -0.396 e. The van der Waals surface area contributed by atoms with Crippen LogP contribution in [0.2, 0.25) is 0 Å². The molecule has 4 aromatic rings. The molecule has 0 radical (unpaired) electrons. The van der Waals surface area contributed by atoms with Crippen molar-refractivity contribution >= 4 is 10.9 Å². The fourth-order valence-electron chi connectivity index (χ4n) is 4.29. The van der Waals surface area contributed by atoms with Crippen LogP contribution in [0.4, 0.5) is 8.78 Å². The summed E-state index contributed by atoms with van der Waals surface area (Å²) in [6.45, 7) is 2.13. The first kappa shape index (κ1) is 21.6. The lowest BCUT2D eigenvalue weighted by molar-refractivity contribution is 0.0336. The molecule has 0 aliphatic carbocycles. The summed E-state index contributed by atoms with van der Waals surface area (Å²) in [6, 6.07) is 7.85. The van der Waals surface area contributed by atoms with Crippen molar-refractivity contribution in [3.63, 3.8) is 0 Å². The maximum Gasteiger partial charge on any atom is 0.241 e. The van der Waals surface area contributed by atoms with Crippen molar-refractivity contribution in [1.29, 1.82) is 0 Å². The Morgan fingerprint density at radius 3 is 2.79 bits per heavy atom. The highest BCUT2D eigenvalue weighted by Gasteiger charge is 2.26. The van der Waals surface area contributed by atoms with Crippen LogP contribution in [-0.4, -0.2) is 66.1 Å². The first-order valence-corrected chi connectivity index (χ1v) is 11.1. The smallest absolute Gasteiger partial charge is 0.241 e. The molecule has 10 heteroatoms. The van der Waals surface area contributed by atoms with Crippen LogP contribution >= 0.6 is 0 Å². The van der Waals surface area contributed by atoms with Crippen LogP contribution < -0.4 is 0 Å². The average molecular weight is 453 g/mol. The van der Waals surface area contributed by atoms with Crippen molar-refractivity contribution in [3.8, 4) is 17.3 Å². The van der Waals surface area contributed by atoms with E-state index in [9.17, 15) is 8.78 Å². The second-order valence-corrected chi connectivity index (χ2v) is 8.41. The molecule has 0 amide bonds. The topological polar surface area (TPSA) is 95.8 Å². The van der Waals surface area contributed by atoms with E-state index in [1.165, 1.54) is 0 Å². The van der Waals surface area contributed by atoms with Gasteiger partial charge < -0.3 is 5.11 Å². The summed E-state index contributed by atoms with van der Waals surface area (Å²) in [4.78, 5) is 11.3. The summed E-state index contributed by atoms with van der Waals surface area (Å²) < 4.78 is 27.5. The summed E-state index contributed by atoms with van der Waals surface area (Å²) >= 11 is 0. The van der Waals surface area contributed by atoms with Crippen LogP contribution in [0.25, 0.3) is 28.2 Å². The third kappa shape index (κ3) is 4.62. The molecule has 0 unspecified atom stereocenters. The Morgan fingerprint density at radius 1 is 1.15 bits per heavy atom. The third-order valence-electron chi connectivity index (χ3n) is 6.15. The number of nitrogens with zero attached hydrogens (tertiary/aromatic N) is 6. The van der Waals surface area contributed by atoms with Crippen LogP contribution in [0.3, 0.4) is 0 Å². The van der Waals surface area contributed by atoms with Gasteiger partial charge in [0.1, 0.15) is 5.69 Å². The van der Waals surface area contributed by atoms with E-state index in [-0.39, 0.29) is 6.61 Å². The van der Waals surface area contributed by atoms with Crippen molar-refractivity contribution in [2.45, 2.75) is 32.2 Å². The number of hydrogen-bond acceptors (Lipinski definition) is 6. The number of aromatic nitrogens is 6. The van der Waals surface area contributed by atoms with Gasteiger partial charge in [0, 0.05) is 42.9 Å². The molecule has 5 rings (SSSR count). The van der Waals surface area contributed by atoms with Gasteiger partial charge in [0.2, 0.25) is 6.43 Å². The molecule has 1 aliphatic rings. The predicted molar refractivity (Wildman–Crippen MR) is 119 cm³/mol. The molecule has 1 fully saturated rings. The molecule has 33 heavy (non-hydrogen) atoms. The van der Waals surface area contributed by atoms with Crippen LogP contribution in [0.1, 0.15) is 24.0 Å². The second kappa shape index (κ2) is 9.32. The lowest BCUT2D eigenvalue weighted by atomic mass is 9.97. The molecule has 1 aromatic carbocycles. The number of aliphatic hydroxyl groups excluding tert-OH is 1. The van der Waals surface area contributed by atoms with Gasteiger partial charge in [-0.1, -0.05) is 6.07 Å². The van der Waals surface area contributed by atoms with Gasteiger partial charge in [-0.25, -0.2) is 23.4 Å². The first-order valence-electron chi connectivity index (χ1n) is 11.1. The van der Waals surface area contributed by atoms with Gasteiger partial charge in [-0.2, -0.15) is 10.2 Å². The van der Waals surface area contributed by atoms with Gasteiger partial charge in [0.15, 0.2) is 11.6 Å². The number of H-pyrrole nitrogens is 1. The Balaban J connectivity index is 1.38. The number of nitrogens with one attached hydrogen (secondary N) is 1. The number of likely N-dealkylation sites (tertiary alicyclic amines) is 1. The maximum absolute atomic E-state index is 12.9. The van der Waals surface area contributed by atoms with Crippen molar-refractivity contribution in [3.05, 3.63) is 54.0 Å². The molecule has 2 N–H and O–H groups in total. The lowest BCUT2D eigenvalue weighted by Crippen LogP contribution is -2.35. The Kier molecular flexibility index (Phi) is 6.10. The monoisotopic (exact) mass is 453 g/mol. The van der Waals surface area contributed by atoms with Crippen LogP contribution in [0.15, 0.2) is 42.9 Å². The molecule has 0 bridgehead atoms. The minimum absolute atomic E-state index is 0.0620. The van der Waals surface area contributed by atoms with Gasteiger partial charge in [-0.05, 0) is 55.6 Å². The average Bonchev–Trinajstić information content (AvgIpc) is 3.47. The lowest BCUT2D eigenvalue weighted by Gasteiger charge is -2.31. The highest BCUT2D eigenvalue weighted by molar-refractivity contribution is 5.91. The molecular weight excluding hydrogens is 428 g/mol. The maximum atomic E-state index is 12.9. The Morgan fingerprint density at radius 2 is 2.00 bits per heavy atom. The zero-order valence-corrected chi connectivity index (χ0v) is 18.0. The fourth-order valence-corrected chi connectivity index (χ4v) is 4.29. The summed E-state index contributed by atoms with van der Waals surface area (Å²) in [5.41, 5.74) is 3.54. The number of halogens is 2. The Bertz CT molecular complexity index is 1230. The van der Waals surface area contributed by atoms with E-state index in [1.807, 2.05) is 18.3 Å². The number of piperidine rings is 1. The highest BCUT2D eigenvalue weighted by Crippen LogP contribution is 2.28. The zero-order chi connectivity index (χ0) is 22.8. The first-order chi connectivity index (χ1) is 16.1. The number of rotatable bonds is 7.